The maximum Gasteiger partial charge on any atom is 0.160 e. The van der Waals surface area contributed by atoms with Crippen LogP contribution < -0.4 is 0 Å². The van der Waals surface area contributed by atoms with Crippen LogP contribution in [0.3, 0.4) is 0 Å². The number of hydrogen-bond donors (Lipinski definition) is 0. The largest absolute Gasteiger partial charge is 0.251 e. The zero-order chi connectivity index (χ0) is 30.2. The fourth-order valence-electron chi connectivity index (χ4n) is 5.91. The monoisotopic (exact) mass is 576 g/mol. The summed E-state index contributed by atoms with van der Waals surface area (Å²) in [4.78, 5) is 20.3. The second-order valence-corrected chi connectivity index (χ2v) is 11.2. The second-order valence-electron chi connectivity index (χ2n) is 11.2. The van der Waals surface area contributed by atoms with E-state index in [9.17, 15) is 0 Å². The third kappa shape index (κ3) is 5.13. The predicted octanol–water partition coefficient (Wildman–Crippen LogP) is 10.2. The SMILES string of the molecule is Cc1cc(-c2ccccc2)c2ccc3ccc(-c4cc(-c5ccccc5)nc(-c5ccc(-c6ccccc6)cc5)n4)nc3c2n1. The lowest BCUT2D eigenvalue weighted by Crippen LogP contribution is -1.98. The van der Waals surface area contributed by atoms with Gasteiger partial charge in [0.25, 0.3) is 0 Å². The summed E-state index contributed by atoms with van der Waals surface area (Å²) in [7, 11) is 0. The molecule has 0 amide bonds. The molecule has 0 spiro atoms. The van der Waals surface area contributed by atoms with E-state index < -0.39 is 0 Å². The third-order valence-electron chi connectivity index (χ3n) is 8.16. The summed E-state index contributed by atoms with van der Waals surface area (Å²) in [6, 6.07) is 52.2. The fourth-order valence-corrected chi connectivity index (χ4v) is 5.91. The lowest BCUT2D eigenvalue weighted by atomic mass is 9.98. The van der Waals surface area contributed by atoms with E-state index in [1.54, 1.807) is 0 Å². The Kier molecular flexibility index (Phi) is 6.65. The Balaban J connectivity index is 1.29. The number of aromatic nitrogens is 4. The van der Waals surface area contributed by atoms with Crippen molar-refractivity contribution in [3.8, 4) is 56.3 Å². The van der Waals surface area contributed by atoms with Gasteiger partial charge in [0, 0.05) is 27.6 Å². The Morgan fingerprint density at radius 2 is 0.956 bits per heavy atom. The highest BCUT2D eigenvalue weighted by Crippen LogP contribution is 2.34. The van der Waals surface area contributed by atoms with E-state index in [0.29, 0.717) is 5.82 Å². The molecule has 0 atom stereocenters. The van der Waals surface area contributed by atoms with Gasteiger partial charge in [0.1, 0.15) is 0 Å². The molecule has 4 heteroatoms. The first-order valence-corrected chi connectivity index (χ1v) is 15.1. The topological polar surface area (TPSA) is 51.6 Å². The molecule has 0 aliphatic rings. The van der Waals surface area contributed by atoms with E-state index in [1.807, 2.05) is 49.4 Å². The normalized spacial score (nSPS) is 11.2. The van der Waals surface area contributed by atoms with Crippen LogP contribution in [0.2, 0.25) is 0 Å². The number of hydrogen-bond acceptors (Lipinski definition) is 4. The van der Waals surface area contributed by atoms with Gasteiger partial charge in [0.2, 0.25) is 0 Å². The fraction of sp³-hybridized carbons (Fsp3) is 0.0244. The van der Waals surface area contributed by atoms with Crippen molar-refractivity contribution in [1.82, 2.24) is 19.9 Å². The Morgan fingerprint density at radius 1 is 0.378 bits per heavy atom. The minimum absolute atomic E-state index is 0.658. The van der Waals surface area contributed by atoms with Gasteiger partial charge < -0.3 is 0 Å². The van der Waals surface area contributed by atoms with Gasteiger partial charge in [-0.3, -0.25) is 4.98 Å². The first-order valence-electron chi connectivity index (χ1n) is 15.1. The van der Waals surface area contributed by atoms with Crippen molar-refractivity contribution in [1.29, 1.82) is 0 Å². The van der Waals surface area contributed by atoms with E-state index in [-0.39, 0.29) is 0 Å². The van der Waals surface area contributed by atoms with Gasteiger partial charge in [-0.2, -0.15) is 0 Å². The van der Waals surface area contributed by atoms with E-state index >= 15 is 0 Å². The molecule has 4 nitrogen and oxygen atoms in total. The molecular formula is C41H28N4. The molecule has 3 aromatic heterocycles. The van der Waals surface area contributed by atoms with Crippen LogP contribution in [0.25, 0.3) is 78.1 Å². The van der Waals surface area contributed by atoms with E-state index in [1.165, 1.54) is 5.56 Å². The highest BCUT2D eigenvalue weighted by molar-refractivity contribution is 6.08. The standard InChI is InChI=1S/C41H28N4/c1-27-25-35(30-13-7-3-8-14-30)34-23-21-32-22-24-36(43-39(32)40(34)42-27)38-26-37(31-15-9-4-10-16-31)44-41(45-38)33-19-17-29(18-20-33)28-11-5-2-6-12-28/h2-26H,1H3. The van der Waals surface area contributed by atoms with Crippen molar-refractivity contribution in [2.75, 3.05) is 0 Å². The minimum atomic E-state index is 0.658. The molecule has 45 heavy (non-hydrogen) atoms. The molecule has 0 aliphatic heterocycles. The molecule has 0 aliphatic carbocycles. The molecule has 5 aromatic carbocycles. The first kappa shape index (κ1) is 26.6. The molecule has 8 rings (SSSR count). The predicted molar refractivity (Wildman–Crippen MR) is 185 cm³/mol. The van der Waals surface area contributed by atoms with Crippen molar-refractivity contribution in [2.24, 2.45) is 0 Å². The lowest BCUT2D eigenvalue weighted by molar-refractivity contribution is 1.17. The summed E-state index contributed by atoms with van der Waals surface area (Å²) in [5.74, 6) is 0.658. The van der Waals surface area contributed by atoms with Crippen LogP contribution in [0.5, 0.6) is 0 Å². The Morgan fingerprint density at radius 3 is 1.67 bits per heavy atom. The number of rotatable bonds is 5. The van der Waals surface area contributed by atoms with Crippen LogP contribution in [0.1, 0.15) is 5.69 Å². The van der Waals surface area contributed by atoms with Gasteiger partial charge in [-0.15, -0.1) is 0 Å². The van der Waals surface area contributed by atoms with Crippen LogP contribution in [-0.4, -0.2) is 19.9 Å². The average Bonchev–Trinajstić information content (AvgIpc) is 3.12. The van der Waals surface area contributed by atoms with Gasteiger partial charge in [0.15, 0.2) is 5.82 Å². The molecule has 212 valence electrons. The highest BCUT2D eigenvalue weighted by Gasteiger charge is 2.15. The number of pyridine rings is 2. The minimum Gasteiger partial charge on any atom is -0.251 e. The zero-order valence-corrected chi connectivity index (χ0v) is 24.7. The summed E-state index contributed by atoms with van der Waals surface area (Å²) in [6.45, 7) is 2.04. The van der Waals surface area contributed by atoms with Crippen molar-refractivity contribution in [3.63, 3.8) is 0 Å². The van der Waals surface area contributed by atoms with E-state index in [0.717, 1.165) is 72.4 Å². The highest BCUT2D eigenvalue weighted by atomic mass is 14.9. The first-order chi connectivity index (χ1) is 22.2. The Hall–Kier alpha value is -6.00. The van der Waals surface area contributed by atoms with Crippen LogP contribution in [0.15, 0.2) is 152 Å². The molecule has 8 aromatic rings. The van der Waals surface area contributed by atoms with E-state index in [4.69, 9.17) is 19.9 Å². The molecule has 0 N–H and O–H groups in total. The molecule has 0 bridgehead atoms. The van der Waals surface area contributed by atoms with Gasteiger partial charge in [-0.05, 0) is 47.4 Å². The van der Waals surface area contributed by atoms with Crippen LogP contribution in [-0.2, 0) is 0 Å². The van der Waals surface area contributed by atoms with Gasteiger partial charge in [-0.25, -0.2) is 15.0 Å². The van der Waals surface area contributed by atoms with Gasteiger partial charge in [-0.1, -0.05) is 133 Å². The van der Waals surface area contributed by atoms with Crippen molar-refractivity contribution >= 4 is 21.8 Å². The third-order valence-corrected chi connectivity index (χ3v) is 8.16. The number of fused-ring (bicyclic) bond motifs is 3. The number of benzene rings is 5. The molecule has 0 unspecified atom stereocenters. The van der Waals surface area contributed by atoms with E-state index in [2.05, 4.69) is 109 Å². The summed E-state index contributed by atoms with van der Waals surface area (Å²) in [5, 5.41) is 2.12. The van der Waals surface area contributed by atoms with Crippen LogP contribution in [0, 0.1) is 6.92 Å². The summed E-state index contributed by atoms with van der Waals surface area (Å²) >= 11 is 0. The van der Waals surface area contributed by atoms with Gasteiger partial charge >= 0.3 is 0 Å². The molecular weight excluding hydrogens is 548 g/mol. The molecule has 0 fully saturated rings. The van der Waals surface area contributed by atoms with Gasteiger partial charge in [0.05, 0.1) is 28.1 Å². The average molecular weight is 577 g/mol. The van der Waals surface area contributed by atoms with Crippen molar-refractivity contribution in [3.05, 3.63) is 157 Å². The van der Waals surface area contributed by atoms with Crippen molar-refractivity contribution in [2.45, 2.75) is 6.92 Å². The Bertz CT molecular complexity index is 2300. The summed E-state index contributed by atoms with van der Waals surface area (Å²) in [6.07, 6.45) is 0. The smallest absolute Gasteiger partial charge is 0.160 e. The molecule has 0 saturated heterocycles. The zero-order valence-electron chi connectivity index (χ0n) is 24.7. The summed E-state index contributed by atoms with van der Waals surface area (Å²) in [5.41, 5.74) is 11.7. The number of aryl methyl sites for hydroxylation is 1. The lowest BCUT2D eigenvalue weighted by Gasteiger charge is -2.12. The van der Waals surface area contributed by atoms with Crippen LogP contribution in [0.4, 0.5) is 0 Å². The van der Waals surface area contributed by atoms with Crippen LogP contribution >= 0.6 is 0 Å². The molecule has 3 heterocycles. The number of nitrogens with zero attached hydrogens (tertiary/aromatic N) is 4. The molecule has 0 saturated carbocycles. The Labute approximate surface area is 261 Å². The maximum atomic E-state index is 5.22. The molecule has 0 radical (unpaired) electrons. The second kappa shape index (κ2) is 11.3. The maximum absolute atomic E-state index is 5.22. The quantitative estimate of drug-likeness (QED) is 0.191. The van der Waals surface area contributed by atoms with Crippen molar-refractivity contribution < 1.29 is 0 Å². The summed E-state index contributed by atoms with van der Waals surface area (Å²) < 4.78 is 0.